The Bertz CT molecular complexity index is 9580. The van der Waals surface area contributed by atoms with Gasteiger partial charge in [-0.2, -0.15) is 0 Å². The highest BCUT2D eigenvalue weighted by Gasteiger charge is 2.38. The Kier molecular flexibility index (Phi) is 22.8. The highest BCUT2D eigenvalue weighted by molar-refractivity contribution is 7.27. The molecular formula is C138H94N6S3. The molecule has 0 atom stereocenters. The summed E-state index contributed by atoms with van der Waals surface area (Å²) in [5, 5.41) is 7.87. The number of benzene rings is 20. The van der Waals surface area contributed by atoms with Crippen molar-refractivity contribution in [2.75, 3.05) is 0 Å². The lowest BCUT2D eigenvalue weighted by atomic mass is 9.81. The summed E-state index contributed by atoms with van der Waals surface area (Å²) >= 11 is 5.64. The van der Waals surface area contributed by atoms with E-state index >= 15 is 0 Å². The summed E-state index contributed by atoms with van der Waals surface area (Å²) in [6.07, 6.45) is 6.94. The van der Waals surface area contributed by atoms with Crippen LogP contribution in [0, 0.1) is 0 Å². The zero-order chi connectivity index (χ0) is 98.2. The third-order valence-corrected chi connectivity index (χ3v) is 33.3. The maximum absolute atomic E-state index is 4.99. The molecule has 6 heterocycles. The molecule has 694 valence electrons. The van der Waals surface area contributed by atoms with Crippen LogP contribution in [0.15, 0.2) is 498 Å². The van der Waals surface area contributed by atoms with Gasteiger partial charge in [0.1, 0.15) is 12.7 Å². The molecule has 6 aromatic heterocycles. The molecular weight excluding hydrogens is 1840 g/mol. The van der Waals surface area contributed by atoms with Crippen LogP contribution in [0.5, 0.6) is 0 Å². The predicted octanol–water partition coefficient (Wildman–Crippen LogP) is 38.2. The van der Waals surface area contributed by atoms with E-state index in [-0.39, 0.29) is 10.8 Å². The van der Waals surface area contributed by atoms with Crippen molar-refractivity contribution >= 4 is 94.5 Å². The van der Waals surface area contributed by atoms with Gasteiger partial charge in [0.25, 0.3) is 0 Å². The van der Waals surface area contributed by atoms with Crippen LogP contribution in [-0.2, 0) is 10.8 Å². The van der Waals surface area contributed by atoms with E-state index in [1.54, 1.807) is 18.9 Å². The maximum Gasteiger partial charge on any atom is 0.159 e. The summed E-state index contributed by atoms with van der Waals surface area (Å²) in [5.41, 5.74) is 43.7. The van der Waals surface area contributed by atoms with E-state index in [1.165, 1.54) is 188 Å². The number of aromatic nitrogens is 6. The fourth-order valence-corrected chi connectivity index (χ4v) is 25.9. The van der Waals surface area contributed by atoms with Gasteiger partial charge in [-0.25, -0.2) is 29.9 Å². The van der Waals surface area contributed by atoms with Crippen molar-refractivity contribution in [2.24, 2.45) is 0 Å². The molecule has 0 saturated heterocycles. The van der Waals surface area contributed by atoms with Gasteiger partial charge in [0.15, 0.2) is 5.82 Å². The molecule has 0 aliphatic heterocycles. The van der Waals surface area contributed by atoms with Crippen LogP contribution in [0.1, 0.15) is 49.9 Å². The van der Waals surface area contributed by atoms with Crippen LogP contribution >= 0.6 is 34.0 Å². The Hall–Kier alpha value is -17.7. The van der Waals surface area contributed by atoms with Crippen molar-refractivity contribution in [3.63, 3.8) is 0 Å². The first-order valence-electron chi connectivity index (χ1n) is 50.0. The summed E-state index contributed by atoms with van der Waals surface area (Å²) in [6, 6.07) is 171. The van der Waals surface area contributed by atoms with E-state index in [4.69, 9.17) is 15.0 Å². The molecule has 0 radical (unpaired) electrons. The van der Waals surface area contributed by atoms with Crippen molar-refractivity contribution in [1.29, 1.82) is 0 Å². The summed E-state index contributed by atoms with van der Waals surface area (Å²) in [5.74, 6) is 0.718. The fourth-order valence-electron chi connectivity index (χ4n) is 22.2. The van der Waals surface area contributed by atoms with Gasteiger partial charge in [-0.15, -0.1) is 34.0 Å². The minimum atomic E-state index is -0.0840. The average Bonchev–Trinajstić information content (AvgIpc) is 1.61. The third-order valence-electron chi connectivity index (χ3n) is 29.6. The van der Waals surface area contributed by atoms with E-state index in [1.807, 2.05) is 70.5 Å². The minimum absolute atomic E-state index is 0.0531. The lowest BCUT2D eigenvalue weighted by Crippen LogP contribution is -2.14. The molecule has 0 N–H and O–H groups in total. The number of rotatable bonds is 15. The van der Waals surface area contributed by atoms with Gasteiger partial charge < -0.3 is 0 Å². The molecule has 9 heteroatoms. The topological polar surface area (TPSA) is 77.3 Å². The first-order valence-corrected chi connectivity index (χ1v) is 52.5. The average molecular weight is 1930 g/mol. The molecule has 0 saturated carbocycles. The summed E-state index contributed by atoms with van der Waals surface area (Å²) in [7, 11) is 0. The van der Waals surface area contributed by atoms with Crippen LogP contribution in [0.25, 0.3) is 250 Å². The highest BCUT2D eigenvalue weighted by Crippen LogP contribution is 2.55. The lowest BCUT2D eigenvalue weighted by molar-refractivity contribution is 0.660. The molecule has 6 nitrogen and oxygen atoms in total. The van der Waals surface area contributed by atoms with Crippen LogP contribution < -0.4 is 0 Å². The first-order chi connectivity index (χ1) is 72.3. The van der Waals surface area contributed by atoms with Crippen LogP contribution in [0.3, 0.4) is 0 Å². The second-order valence-electron chi connectivity index (χ2n) is 39.1. The molecule has 0 amide bonds. The Morgan fingerprint density at radius 2 is 0.531 bits per heavy atom. The Labute approximate surface area is 866 Å². The Morgan fingerprint density at radius 3 is 1.05 bits per heavy atom. The van der Waals surface area contributed by atoms with Crippen molar-refractivity contribution in [3.8, 4) is 190 Å². The molecule has 20 aromatic carbocycles. The smallest absolute Gasteiger partial charge is 0.159 e. The van der Waals surface area contributed by atoms with Gasteiger partial charge in [0.05, 0.1) is 22.8 Å². The zero-order valence-electron chi connectivity index (χ0n) is 81.3. The number of hydrogen-bond acceptors (Lipinski definition) is 9. The van der Waals surface area contributed by atoms with Gasteiger partial charge in [-0.3, -0.25) is 0 Å². The summed E-state index contributed by atoms with van der Waals surface area (Å²) < 4.78 is 7.91. The SMILES string of the molecule is CC1(C)c2ccccc2-c2ccc(-c3ccc4sc5c(-c6cccc(-c7cccc(-c8ccncn8)c7)c6)cc(-c6ccc7c(c6)C(C)(C)c6ccccc6-7)cc5c4c3)cc21.c1ccc(-c2cccc(-c3ccnc(-c4cccc(-c5cccc(-c6cccc7c6sc6ccccc67)c5)c4)n3)c2)cc1.c1ccc(-c2ncnc(-c3ccccc3)c2-c2cccc(-c3cccc(-c4cccc5c4sc4ccccc45)c3)c2)cc1. The van der Waals surface area contributed by atoms with Crippen molar-refractivity contribution in [2.45, 2.75) is 38.5 Å². The Morgan fingerprint density at radius 1 is 0.184 bits per heavy atom. The van der Waals surface area contributed by atoms with Crippen molar-refractivity contribution < 1.29 is 0 Å². The van der Waals surface area contributed by atoms with Gasteiger partial charge in [0, 0.05) is 123 Å². The lowest BCUT2D eigenvalue weighted by Gasteiger charge is -2.22. The van der Waals surface area contributed by atoms with Crippen LogP contribution in [0.2, 0.25) is 0 Å². The molecule has 0 bridgehead atoms. The monoisotopic (exact) mass is 1930 g/mol. The number of thiophene rings is 3. The molecule has 0 fully saturated rings. The highest BCUT2D eigenvalue weighted by atomic mass is 32.1. The van der Waals surface area contributed by atoms with E-state index in [9.17, 15) is 0 Å². The second-order valence-corrected chi connectivity index (χ2v) is 42.3. The van der Waals surface area contributed by atoms with E-state index < -0.39 is 0 Å². The number of hydrogen-bond donors (Lipinski definition) is 0. The third kappa shape index (κ3) is 16.6. The Balaban J connectivity index is 0.000000115. The second kappa shape index (κ2) is 37.6. The molecule has 28 rings (SSSR count). The summed E-state index contributed by atoms with van der Waals surface area (Å²) in [4.78, 5) is 27.9. The van der Waals surface area contributed by atoms with Crippen molar-refractivity contribution in [1.82, 2.24) is 29.9 Å². The molecule has 2 aliphatic rings. The normalized spacial score (nSPS) is 12.5. The standard InChI is InChI=1S/C58H42N2S.2C40H26N2S/c1-57(2)50-17-7-5-15-43(50)45-22-19-38(32-52(45)57)37-21-24-55-48(29-37)49-31-42(39-20-23-46-44-16-6-8-18-51(44)58(3,4)53(46)33-39)30-47(56(49)61-55)40-13-9-11-35(27-40)36-12-10-14-41(28-36)54-25-26-59-34-60-54;1-3-12-27(13-4-1)38-37(39(42-26-41-38)28-14-5-2-6-15-28)32-19-10-17-30(25-32)29-16-9-18-31(24-29)33-21-11-22-35-34-20-7-8-23-36(34)43-40(33)35;1-2-10-27(11-3-1)28-12-7-16-32(25-28)37-22-23-41-40(42-37)33-17-8-14-30(26-33)29-13-6-15-31(24-29)34-19-9-20-36-35-18-4-5-21-38(35)43-39(34)36/h5-34H,1-4H3;2*1-26H. The first kappa shape index (κ1) is 89.4. The summed E-state index contributed by atoms with van der Waals surface area (Å²) in [6.45, 7) is 9.47. The van der Waals surface area contributed by atoms with Crippen LogP contribution in [0.4, 0.5) is 0 Å². The molecule has 26 aromatic rings. The molecule has 147 heavy (non-hydrogen) atoms. The zero-order valence-corrected chi connectivity index (χ0v) is 83.7. The number of fused-ring (bicyclic) bond motifs is 15. The maximum atomic E-state index is 4.99. The van der Waals surface area contributed by atoms with Gasteiger partial charge in [-0.1, -0.05) is 398 Å². The molecule has 0 unspecified atom stereocenters. The minimum Gasteiger partial charge on any atom is -0.245 e. The predicted molar refractivity (Wildman–Crippen MR) is 621 cm³/mol. The van der Waals surface area contributed by atoms with E-state index in [0.29, 0.717) is 0 Å². The van der Waals surface area contributed by atoms with Crippen molar-refractivity contribution in [3.05, 3.63) is 520 Å². The fraction of sp³-hybridized carbons (Fsp3) is 0.0435. The van der Waals surface area contributed by atoms with Gasteiger partial charge >= 0.3 is 0 Å². The van der Waals surface area contributed by atoms with Gasteiger partial charge in [0.2, 0.25) is 0 Å². The van der Waals surface area contributed by atoms with E-state index in [0.717, 1.165) is 84.2 Å². The molecule has 0 spiro atoms. The van der Waals surface area contributed by atoms with Gasteiger partial charge in [-0.05, 0) is 248 Å². The van der Waals surface area contributed by atoms with Crippen LogP contribution in [-0.4, -0.2) is 29.9 Å². The largest absolute Gasteiger partial charge is 0.245 e. The molecule has 2 aliphatic carbocycles. The van der Waals surface area contributed by atoms with E-state index in [2.05, 4.69) is 485 Å². The number of nitrogens with zero attached hydrogens (tertiary/aromatic N) is 6. The quantitative estimate of drug-likeness (QED) is 0.102.